The molecule has 0 radical (unpaired) electrons. The summed E-state index contributed by atoms with van der Waals surface area (Å²) < 4.78 is 31.2. The Morgan fingerprint density at radius 3 is 2.78 bits per heavy atom. The second-order valence-electron chi connectivity index (χ2n) is 4.37. The van der Waals surface area contributed by atoms with Crippen LogP contribution in [0.25, 0.3) is 0 Å². The predicted octanol–water partition coefficient (Wildman–Crippen LogP) is 0.841. The average Bonchev–Trinajstić information content (AvgIpc) is 2.93. The van der Waals surface area contributed by atoms with Crippen molar-refractivity contribution in [2.45, 2.75) is 24.9 Å². The van der Waals surface area contributed by atoms with Gasteiger partial charge in [-0.2, -0.15) is 0 Å². The SMILES string of the molecule is CCc1ccc(S(=O)(=O)NC[C@@H]2C[C@H]2C(=O)O)o1. The maximum absolute atomic E-state index is 11.8. The number of aryl methyl sites for hydroxylation is 1. The van der Waals surface area contributed by atoms with Crippen LogP contribution in [0.15, 0.2) is 21.6 Å². The lowest BCUT2D eigenvalue weighted by Crippen LogP contribution is -2.26. The lowest BCUT2D eigenvalue weighted by Gasteiger charge is -2.02. The van der Waals surface area contributed by atoms with Crippen LogP contribution in [0.2, 0.25) is 0 Å². The van der Waals surface area contributed by atoms with Crippen LogP contribution in [-0.2, 0) is 21.2 Å². The van der Waals surface area contributed by atoms with Gasteiger partial charge < -0.3 is 9.52 Å². The van der Waals surface area contributed by atoms with Gasteiger partial charge in [-0.05, 0) is 24.5 Å². The van der Waals surface area contributed by atoms with Crippen LogP contribution in [0.3, 0.4) is 0 Å². The number of carbonyl (C=O) groups is 1. The Balaban J connectivity index is 1.94. The first-order chi connectivity index (χ1) is 8.44. The number of aliphatic carboxylic acids is 1. The molecule has 2 rings (SSSR count). The third kappa shape index (κ3) is 2.73. The van der Waals surface area contributed by atoms with Crippen molar-refractivity contribution in [1.82, 2.24) is 4.72 Å². The van der Waals surface area contributed by atoms with Crippen molar-refractivity contribution in [3.63, 3.8) is 0 Å². The largest absolute Gasteiger partial charge is 0.481 e. The Kier molecular flexibility index (Phi) is 3.45. The lowest BCUT2D eigenvalue weighted by molar-refractivity contribution is -0.138. The zero-order valence-electron chi connectivity index (χ0n) is 9.92. The number of carboxylic acids is 1. The highest BCUT2D eigenvalue weighted by Gasteiger charge is 2.43. The maximum Gasteiger partial charge on any atom is 0.306 e. The summed E-state index contributed by atoms with van der Waals surface area (Å²) in [6, 6.07) is 3.02. The van der Waals surface area contributed by atoms with Gasteiger partial charge in [0.2, 0.25) is 5.09 Å². The number of hydrogen-bond donors (Lipinski definition) is 2. The van der Waals surface area contributed by atoms with E-state index in [2.05, 4.69) is 4.72 Å². The van der Waals surface area contributed by atoms with Gasteiger partial charge in [-0.3, -0.25) is 4.79 Å². The molecule has 0 aromatic carbocycles. The molecular weight excluding hydrogens is 258 g/mol. The van der Waals surface area contributed by atoms with Crippen molar-refractivity contribution in [3.8, 4) is 0 Å². The highest BCUT2D eigenvalue weighted by molar-refractivity contribution is 7.89. The molecule has 1 aromatic heterocycles. The van der Waals surface area contributed by atoms with E-state index in [0.717, 1.165) is 0 Å². The Hall–Kier alpha value is -1.34. The zero-order valence-corrected chi connectivity index (χ0v) is 10.7. The van der Waals surface area contributed by atoms with Crippen molar-refractivity contribution in [2.24, 2.45) is 11.8 Å². The van der Waals surface area contributed by atoms with Gasteiger partial charge in [0.05, 0.1) is 5.92 Å². The Bertz CT molecular complexity index is 548. The monoisotopic (exact) mass is 273 g/mol. The molecule has 100 valence electrons. The van der Waals surface area contributed by atoms with Crippen molar-refractivity contribution < 1.29 is 22.7 Å². The molecule has 6 nitrogen and oxygen atoms in total. The standard InChI is InChI=1S/C11H15NO5S/c1-2-8-3-4-10(17-8)18(15,16)12-6-7-5-9(7)11(13)14/h3-4,7,9,12H,2,5-6H2,1H3,(H,13,14)/t7-,9+/m0/s1. The number of nitrogens with one attached hydrogen (secondary N) is 1. The molecule has 1 heterocycles. The molecule has 0 bridgehead atoms. The minimum Gasteiger partial charge on any atom is -0.481 e. The summed E-state index contributed by atoms with van der Waals surface area (Å²) in [5, 5.41) is 8.59. The van der Waals surface area contributed by atoms with E-state index < -0.39 is 21.9 Å². The van der Waals surface area contributed by atoms with Gasteiger partial charge in [0, 0.05) is 13.0 Å². The molecular formula is C11H15NO5S. The third-order valence-electron chi connectivity index (χ3n) is 3.03. The zero-order chi connectivity index (χ0) is 13.3. The Labute approximate surface area is 105 Å². The van der Waals surface area contributed by atoms with E-state index in [1.807, 2.05) is 6.92 Å². The van der Waals surface area contributed by atoms with E-state index in [1.165, 1.54) is 6.07 Å². The van der Waals surface area contributed by atoms with Gasteiger partial charge in [0.1, 0.15) is 5.76 Å². The van der Waals surface area contributed by atoms with Crippen LogP contribution in [0, 0.1) is 11.8 Å². The van der Waals surface area contributed by atoms with E-state index >= 15 is 0 Å². The molecule has 1 aromatic rings. The van der Waals surface area contributed by atoms with Gasteiger partial charge >= 0.3 is 5.97 Å². The van der Waals surface area contributed by atoms with Gasteiger partial charge in [-0.1, -0.05) is 6.92 Å². The summed E-state index contributed by atoms with van der Waals surface area (Å²) in [5.74, 6) is -0.802. The van der Waals surface area contributed by atoms with Crippen LogP contribution in [0.4, 0.5) is 0 Å². The van der Waals surface area contributed by atoms with Crippen LogP contribution >= 0.6 is 0 Å². The van der Waals surface area contributed by atoms with Gasteiger partial charge in [-0.25, -0.2) is 13.1 Å². The summed E-state index contributed by atoms with van der Waals surface area (Å²) in [5.41, 5.74) is 0. The first-order valence-corrected chi connectivity index (χ1v) is 7.23. The summed E-state index contributed by atoms with van der Waals surface area (Å²) in [6.07, 6.45) is 1.15. The average molecular weight is 273 g/mol. The van der Waals surface area contributed by atoms with Gasteiger partial charge in [0.25, 0.3) is 10.0 Å². The smallest absolute Gasteiger partial charge is 0.306 e. The van der Waals surface area contributed by atoms with Gasteiger partial charge in [0.15, 0.2) is 0 Å². The molecule has 0 aliphatic heterocycles. The third-order valence-corrected chi connectivity index (χ3v) is 4.32. The number of sulfonamides is 1. The molecule has 18 heavy (non-hydrogen) atoms. The lowest BCUT2D eigenvalue weighted by atomic mass is 10.3. The van der Waals surface area contributed by atoms with E-state index in [4.69, 9.17) is 9.52 Å². The van der Waals surface area contributed by atoms with E-state index in [-0.39, 0.29) is 17.6 Å². The fourth-order valence-corrected chi connectivity index (χ4v) is 2.80. The highest BCUT2D eigenvalue weighted by atomic mass is 32.2. The summed E-state index contributed by atoms with van der Waals surface area (Å²) >= 11 is 0. The second kappa shape index (κ2) is 4.74. The Morgan fingerprint density at radius 1 is 1.56 bits per heavy atom. The minimum atomic E-state index is -3.66. The van der Waals surface area contributed by atoms with Gasteiger partial charge in [-0.15, -0.1) is 0 Å². The topological polar surface area (TPSA) is 96.6 Å². The quantitative estimate of drug-likeness (QED) is 0.800. The number of carboxylic acid groups (broad SMARTS) is 1. The molecule has 1 aliphatic carbocycles. The van der Waals surface area contributed by atoms with Crippen molar-refractivity contribution in [2.75, 3.05) is 6.54 Å². The molecule has 0 spiro atoms. The molecule has 1 fully saturated rings. The molecule has 1 aliphatic rings. The number of rotatable bonds is 6. The first-order valence-electron chi connectivity index (χ1n) is 5.75. The molecule has 7 heteroatoms. The van der Waals surface area contributed by atoms with Crippen LogP contribution in [0.5, 0.6) is 0 Å². The van der Waals surface area contributed by atoms with Crippen molar-refractivity contribution in [1.29, 1.82) is 0 Å². The molecule has 2 N–H and O–H groups in total. The summed E-state index contributed by atoms with van der Waals surface area (Å²) in [6.45, 7) is 2.01. The highest BCUT2D eigenvalue weighted by Crippen LogP contribution is 2.38. The number of hydrogen-bond acceptors (Lipinski definition) is 4. The fraction of sp³-hybridized carbons (Fsp3) is 0.545. The normalized spacial score (nSPS) is 22.9. The van der Waals surface area contributed by atoms with E-state index in [9.17, 15) is 13.2 Å². The predicted molar refractivity (Wildman–Crippen MR) is 62.5 cm³/mol. The molecule has 0 unspecified atom stereocenters. The van der Waals surface area contributed by atoms with Crippen LogP contribution in [0.1, 0.15) is 19.1 Å². The molecule has 0 amide bonds. The minimum absolute atomic E-state index is 0.113. The van der Waals surface area contributed by atoms with E-state index in [1.54, 1.807) is 6.07 Å². The summed E-state index contributed by atoms with van der Waals surface area (Å²) in [7, 11) is -3.66. The van der Waals surface area contributed by atoms with E-state index in [0.29, 0.717) is 18.6 Å². The van der Waals surface area contributed by atoms with Crippen LogP contribution < -0.4 is 4.72 Å². The molecule has 0 saturated heterocycles. The Morgan fingerprint density at radius 2 is 2.28 bits per heavy atom. The molecule has 2 atom stereocenters. The van der Waals surface area contributed by atoms with Crippen molar-refractivity contribution >= 4 is 16.0 Å². The second-order valence-corrected chi connectivity index (χ2v) is 6.06. The van der Waals surface area contributed by atoms with Crippen molar-refractivity contribution in [3.05, 3.63) is 17.9 Å². The summed E-state index contributed by atoms with van der Waals surface area (Å²) in [4.78, 5) is 10.6. The molecule has 1 saturated carbocycles. The number of furan rings is 1. The van der Waals surface area contributed by atoms with Crippen LogP contribution in [-0.4, -0.2) is 26.0 Å². The maximum atomic E-state index is 11.8. The first kappa shape index (κ1) is 13.1. The fourth-order valence-electron chi connectivity index (χ4n) is 1.76.